The molecule has 5 nitrogen and oxygen atoms in total. The van der Waals surface area contributed by atoms with Gasteiger partial charge in [-0.25, -0.2) is 9.97 Å². The molecule has 0 saturated carbocycles. The summed E-state index contributed by atoms with van der Waals surface area (Å²) in [5.74, 6) is 2.49. The van der Waals surface area contributed by atoms with Crippen LogP contribution in [0.25, 0.3) is 55.9 Å². The molecule has 2 aromatic heterocycles. The fourth-order valence-electron chi connectivity index (χ4n) is 4.33. The molecule has 0 spiro atoms. The predicted molar refractivity (Wildman–Crippen MR) is 136 cm³/mol. The summed E-state index contributed by atoms with van der Waals surface area (Å²) in [4.78, 5) is 9.62. The smallest absolute Gasteiger partial charge is 0.231 e. The van der Waals surface area contributed by atoms with Crippen molar-refractivity contribution >= 4 is 33.0 Å². The molecule has 166 valence electrons. The zero-order chi connectivity index (χ0) is 23.2. The number of nitrogens with zero attached hydrogens (tertiary/aromatic N) is 2. The number of benzene rings is 5. The summed E-state index contributed by atoms with van der Waals surface area (Å²) < 4.78 is 18.5. The van der Waals surface area contributed by atoms with Crippen LogP contribution >= 0.6 is 0 Å². The third-order valence-corrected chi connectivity index (χ3v) is 5.97. The van der Waals surface area contributed by atoms with Crippen LogP contribution in [0, 0.1) is 0 Å². The highest BCUT2D eigenvalue weighted by atomic mass is 16.5. The van der Waals surface area contributed by atoms with Crippen LogP contribution in [0.3, 0.4) is 0 Å². The first-order chi connectivity index (χ1) is 17.3. The highest BCUT2D eigenvalue weighted by Crippen LogP contribution is 2.38. The molecular weight excluding hydrogens is 436 g/mol. The minimum absolute atomic E-state index is 0.505. The number of hydrogen-bond acceptors (Lipinski definition) is 5. The van der Waals surface area contributed by atoms with Crippen molar-refractivity contribution in [3.05, 3.63) is 109 Å². The van der Waals surface area contributed by atoms with E-state index in [4.69, 9.17) is 23.5 Å². The van der Waals surface area contributed by atoms with E-state index in [0.717, 1.165) is 44.3 Å². The highest BCUT2D eigenvalue weighted by molar-refractivity contribution is 6.09. The first-order valence-corrected chi connectivity index (χ1v) is 11.3. The van der Waals surface area contributed by atoms with Crippen LogP contribution in [0.5, 0.6) is 11.5 Å². The van der Waals surface area contributed by atoms with E-state index < -0.39 is 0 Å². The second kappa shape index (κ2) is 7.85. The maximum atomic E-state index is 6.38. The number of aromatic nitrogens is 2. The van der Waals surface area contributed by atoms with Crippen LogP contribution < -0.4 is 4.74 Å². The second-order valence-electron chi connectivity index (χ2n) is 8.27. The van der Waals surface area contributed by atoms with E-state index in [-0.39, 0.29) is 0 Å². The summed E-state index contributed by atoms with van der Waals surface area (Å²) in [5, 5.41) is 2.05. The first kappa shape index (κ1) is 19.6. The number of oxazole rings is 2. The Labute approximate surface area is 200 Å². The van der Waals surface area contributed by atoms with Crippen molar-refractivity contribution in [2.24, 2.45) is 0 Å². The van der Waals surface area contributed by atoms with E-state index >= 15 is 0 Å². The average Bonchev–Trinajstić information content (AvgIpc) is 3.54. The number of ether oxygens (including phenoxy) is 1. The highest BCUT2D eigenvalue weighted by Gasteiger charge is 2.20. The lowest BCUT2D eigenvalue weighted by atomic mass is 10.0. The van der Waals surface area contributed by atoms with E-state index in [0.29, 0.717) is 23.1 Å². The molecule has 0 aliphatic rings. The number of rotatable bonds is 4. The summed E-state index contributed by atoms with van der Waals surface area (Å²) in [5.41, 5.74) is 4.53. The Balaban J connectivity index is 1.40. The molecule has 0 aliphatic carbocycles. The van der Waals surface area contributed by atoms with Gasteiger partial charge in [0.05, 0.1) is 5.56 Å². The Morgan fingerprint density at radius 1 is 0.600 bits per heavy atom. The van der Waals surface area contributed by atoms with Gasteiger partial charge in [-0.1, -0.05) is 60.7 Å². The quantitative estimate of drug-likeness (QED) is 0.268. The summed E-state index contributed by atoms with van der Waals surface area (Å²) in [6, 6.07) is 35.3. The average molecular weight is 454 g/mol. The lowest BCUT2D eigenvalue weighted by molar-refractivity contribution is 0.482. The van der Waals surface area contributed by atoms with Gasteiger partial charge in [0.1, 0.15) is 22.5 Å². The van der Waals surface area contributed by atoms with Crippen LogP contribution in [0.1, 0.15) is 0 Å². The normalized spacial score (nSPS) is 11.4. The van der Waals surface area contributed by atoms with Crippen LogP contribution in [0.4, 0.5) is 0 Å². The number of para-hydroxylation sites is 3. The van der Waals surface area contributed by atoms with Crippen molar-refractivity contribution in [2.45, 2.75) is 0 Å². The van der Waals surface area contributed by atoms with Crippen LogP contribution in [-0.4, -0.2) is 9.97 Å². The summed E-state index contributed by atoms with van der Waals surface area (Å²) in [7, 11) is 0. The maximum Gasteiger partial charge on any atom is 0.231 e. The van der Waals surface area contributed by atoms with Crippen molar-refractivity contribution in [2.75, 3.05) is 0 Å². The lowest BCUT2D eigenvalue weighted by Crippen LogP contribution is -1.85. The van der Waals surface area contributed by atoms with Crippen molar-refractivity contribution < 1.29 is 13.6 Å². The van der Waals surface area contributed by atoms with Gasteiger partial charge in [-0.05, 0) is 53.9 Å². The van der Waals surface area contributed by atoms with Gasteiger partial charge >= 0.3 is 0 Å². The molecule has 5 heteroatoms. The third kappa shape index (κ3) is 3.42. The van der Waals surface area contributed by atoms with Crippen molar-refractivity contribution in [1.82, 2.24) is 9.97 Å². The largest absolute Gasteiger partial charge is 0.457 e. The van der Waals surface area contributed by atoms with E-state index in [9.17, 15) is 0 Å². The Bertz CT molecular complexity index is 1800. The molecule has 0 N–H and O–H groups in total. The Morgan fingerprint density at radius 2 is 1.40 bits per heavy atom. The molecule has 7 aromatic rings. The van der Waals surface area contributed by atoms with Crippen LogP contribution in [0.2, 0.25) is 0 Å². The molecule has 2 heterocycles. The molecule has 0 unspecified atom stereocenters. The Morgan fingerprint density at radius 3 is 2.31 bits per heavy atom. The predicted octanol–water partition coefficient (Wildman–Crippen LogP) is 8.25. The Hall–Kier alpha value is -4.90. The standard InChI is InChI=1S/C30H18N2O3/c1-2-11-21(12-3-1)33-22-13-8-10-20(17-22)29-32-27-23-14-5-4-9-19(23)18-24(28(27)35-29)30-31-25-15-6-7-16-26(25)34-30/h1-18H. The third-order valence-electron chi connectivity index (χ3n) is 5.97. The molecule has 0 atom stereocenters. The van der Waals surface area contributed by atoms with Gasteiger partial charge in [0.2, 0.25) is 11.8 Å². The van der Waals surface area contributed by atoms with E-state index in [2.05, 4.69) is 12.1 Å². The van der Waals surface area contributed by atoms with E-state index in [1.54, 1.807) is 0 Å². The maximum absolute atomic E-state index is 6.38. The lowest BCUT2D eigenvalue weighted by Gasteiger charge is -2.06. The summed E-state index contributed by atoms with van der Waals surface area (Å²) >= 11 is 0. The zero-order valence-corrected chi connectivity index (χ0v) is 18.5. The van der Waals surface area contributed by atoms with Crippen LogP contribution in [0.15, 0.2) is 118 Å². The van der Waals surface area contributed by atoms with Gasteiger partial charge < -0.3 is 13.6 Å². The molecule has 0 bridgehead atoms. The van der Waals surface area contributed by atoms with Crippen molar-refractivity contribution in [3.63, 3.8) is 0 Å². The number of hydrogen-bond donors (Lipinski definition) is 0. The number of fused-ring (bicyclic) bond motifs is 4. The molecule has 5 aromatic carbocycles. The molecule has 0 radical (unpaired) electrons. The zero-order valence-electron chi connectivity index (χ0n) is 18.5. The molecule has 35 heavy (non-hydrogen) atoms. The molecule has 0 fully saturated rings. The molecule has 0 aliphatic heterocycles. The monoisotopic (exact) mass is 454 g/mol. The van der Waals surface area contributed by atoms with E-state index in [1.165, 1.54) is 0 Å². The van der Waals surface area contributed by atoms with Crippen molar-refractivity contribution in [1.29, 1.82) is 0 Å². The van der Waals surface area contributed by atoms with Gasteiger partial charge in [0, 0.05) is 10.9 Å². The minimum Gasteiger partial charge on any atom is -0.457 e. The Kier molecular flexibility index (Phi) is 4.39. The second-order valence-corrected chi connectivity index (χ2v) is 8.27. The summed E-state index contributed by atoms with van der Waals surface area (Å²) in [6.07, 6.45) is 0. The summed E-state index contributed by atoms with van der Waals surface area (Å²) in [6.45, 7) is 0. The fourth-order valence-corrected chi connectivity index (χ4v) is 4.33. The van der Waals surface area contributed by atoms with Gasteiger partial charge in [0.15, 0.2) is 11.2 Å². The van der Waals surface area contributed by atoms with Crippen molar-refractivity contribution in [3.8, 4) is 34.4 Å². The van der Waals surface area contributed by atoms with Gasteiger partial charge in [0.25, 0.3) is 0 Å². The van der Waals surface area contributed by atoms with E-state index in [1.807, 2.05) is 97.1 Å². The SMILES string of the molecule is c1ccc(Oc2cccc(-c3nc4c(o3)c(-c3nc5ccccc5o3)cc3ccccc34)c2)cc1. The van der Waals surface area contributed by atoms with Crippen LogP contribution in [-0.2, 0) is 0 Å². The molecule has 7 rings (SSSR count). The van der Waals surface area contributed by atoms with Gasteiger partial charge in [-0.15, -0.1) is 0 Å². The van der Waals surface area contributed by atoms with Gasteiger partial charge in [-0.3, -0.25) is 0 Å². The first-order valence-electron chi connectivity index (χ1n) is 11.3. The molecule has 0 amide bonds. The topological polar surface area (TPSA) is 61.3 Å². The fraction of sp³-hybridized carbons (Fsp3) is 0. The molecular formula is C30H18N2O3. The minimum atomic E-state index is 0.505. The van der Waals surface area contributed by atoms with Gasteiger partial charge in [-0.2, -0.15) is 0 Å². The molecule has 0 saturated heterocycles.